The van der Waals surface area contributed by atoms with Gasteiger partial charge in [0.05, 0.1) is 6.54 Å². The molecule has 1 aliphatic rings. The Morgan fingerprint density at radius 3 is 2.69 bits per heavy atom. The third-order valence-electron chi connectivity index (χ3n) is 1.97. The minimum absolute atomic E-state index is 0.0555. The summed E-state index contributed by atoms with van der Waals surface area (Å²) in [6.07, 6.45) is -0.486. The van der Waals surface area contributed by atoms with Gasteiger partial charge in [0, 0.05) is 7.05 Å². The average Bonchev–Trinajstić information content (AvgIpc) is 2.42. The molecule has 16 heavy (non-hydrogen) atoms. The molecule has 1 rings (SSSR count). The first-order valence-corrected chi connectivity index (χ1v) is 5.45. The number of likely N-dealkylation sites (N-methyl/N-ethyl adjacent to an activating group) is 1. The molecule has 1 atom stereocenters. The van der Waals surface area contributed by atoms with Crippen molar-refractivity contribution >= 4 is 23.4 Å². The van der Waals surface area contributed by atoms with Crippen LogP contribution in [0.25, 0.3) is 0 Å². The number of thiocarbonyl (C=S) groups is 1. The number of carbonyl (C=O) groups is 1. The Morgan fingerprint density at radius 1 is 1.62 bits per heavy atom. The minimum Gasteiger partial charge on any atom is -0.444 e. The smallest absolute Gasteiger partial charge is 0.407 e. The molecule has 1 heterocycles. The van der Waals surface area contributed by atoms with Gasteiger partial charge in [0.15, 0.2) is 5.11 Å². The van der Waals surface area contributed by atoms with Gasteiger partial charge in [0.1, 0.15) is 11.8 Å². The summed E-state index contributed by atoms with van der Waals surface area (Å²) < 4.78 is 5.11. The first kappa shape index (κ1) is 13.0. The number of hydrazine groups is 1. The van der Waals surface area contributed by atoms with E-state index in [1.54, 1.807) is 0 Å². The molecule has 0 aromatic rings. The quantitative estimate of drug-likeness (QED) is 0.603. The highest BCUT2D eigenvalue weighted by molar-refractivity contribution is 7.80. The first-order chi connectivity index (χ1) is 7.29. The van der Waals surface area contributed by atoms with Crippen molar-refractivity contribution in [2.75, 3.05) is 13.6 Å². The Balaban J connectivity index is 2.30. The van der Waals surface area contributed by atoms with Crippen LogP contribution in [-0.4, -0.2) is 41.5 Å². The number of hydrogen-bond donors (Lipinski definition) is 3. The fourth-order valence-electron chi connectivity index (χ4n) is 1.15. The molecular weight excluding hydrogens is 228 g/mol. The molecule has 1 saturated heterocycles. The highest BCUT2D eigenvalue weighted by Crippen LogP contribution is 2.06. The van der Waals surface area contributed by atoms with E-state index in [0.717, 1.165) is 0 Å². The Bertz CT molecular complexity index is 290. The lowest BCUT2D eigenvalue weighted by atomic mass is 10.2. The molecule has 0 aliphatic carbocycles. The van der Waals surface area contributed by atoms with Gasteiger partial charge in [-0.25, -0.2) is 10.2 Å². The Morgan fingerprint density at radius 2 is 2.25 bits per heavy atom. The van der Waals surface area contributed by atoms with E-state index in [4.69, 9.17) is 17.0 Å². The van der Waals surface area contributed by atoms with Crippen LogP contribution in [0.1, 0.15) is 20.8 Å². The second-order valence-electron chi connectivity index (χ2n) is 4.58. The Hall–Kier alpha value is -1.08. The van der Waals surface area contributed by atoms with Crippen molar-refractivity contribution in [2.45, 2.75) is 32.5 Å². The third kappa shape index (κ3) is 3.82. The standard InChI is InChI=1S/C9H18N4O2S/c1-9(2,3)15-8(14)10-5-6-11-12-7(16)13(6)4/h6,11H,5H2,1-4H3,(H,10,14)(H,12,16). The van der Waals surface area contributed by atoms with Crippen LogP contribution in [0.5, 0.6) is 0 Å². The predicted octanol–water partition coefficient (Wildman–Crippen LogP) is 0.162. The first-order valence-electron chi connectivity index (χ1n) is 5.05. The highest BCUT2D eigenvalue weighted by atomic mass is 32.1. The van der Waals surface area contributed by atoms with Crippen molar-refractivity contribution in [3.63, 3.8) is 0 Å². The van der Waals surface area contributed by atoms with E-state index in [1.165, 1.54) is 0 Å². The van der Waals surface area contributed by atoms with E-state index in [1.807, 2.05) is 32.7 Å². The largest absolute Gasteiger partial charge is 0.444 e. The molecule has 1 unspecified atom stereocenters. The van der Waals surface area contributed by atoms with E-state index in [2.05, 4.69) is 16.2 Å². The molecule has 0 bridgehead atoms. The molecule has 92 valence electrons. The van der Waals surface area contributed by atoms with Crippen LogP contribution in [0, 0.1) is 0 Å². The van der Waals surface area contributed by atoms with E-state index in [9.17, 15) is 4.79 Å². The summed E-state index contributed by atoms with van der Waals surface area (Å²) in [4.78, 5) is 13.2. The number of amides is 1. The van der Waals surface area contributed by atoms with Crippen molar-refractivity contribution in [1.29, 1.82) is 0 Å². The van der Waals surface area contributed by atoms with Crippen molar-refractivity contribution in [3.05, 3.63) is 0 Å². The number of nitrogens with zero attached hydrogens (tertiary/aromatic N) is 1. The molecule has 0 aromatic carbocycles. The van der Waals surface area contributed by atoms with Crippen molar-refractivity contribution in [2.24, 2.45) is 0 Å². The van der Waals surface area contributed by atoms with Crippen LogP contribution in [0.3, 0.4) is 0 Å². The summed E-state index contributed by atoms with van der Waals surface area (Å²) in [5.41, 5.74) is 5.27. The molecule has 1 aliphatic heterocycles. The number of ether oxygens (including phenoxy) is 1. The zero-order valence-corrected chi connectivity index (χ0v) is 10.8. The van der Waals surface area contributed by atoms with Crippen LogP contribution >= 0.6 is 12.2 Å². The van der Waals surface area contributed by atoms with E-state index < -0.39 is 11.7 Å². The van der Waals surface area contributed by atoms with Gasteiger partial charge >= 0.3 is 6.09 Å². The number of hydrogen-bond acceptors (Lipinski definition) is 4. The lowest BCUT2D eigenvalue weighted by Crippen LogP contribution is -2.46. The molecule has 0 saturated carbocycles. The summed E-state index contributed by atoms with van der Waals surface area (Å²) in [6.45, 7) is 5.88. The normalized spacial score (nSPS) is 20.6. The molecule has 1 amide bonds. The maximum Gasteiger partial charge on any atom is 0.407 e. The second kappa shape index (κ2) is 4.84. The minimum atomic E-state index is -0.480. The number of rotatable bonds is 2. The lowest BCUT2D eigenvalue weighted by molar-refractivity contribution is 0.0516. The van der Waals surface area contributed by atoms with Gasteiger partial charge in [-0.1, -0.05) is 0 Å². The van der Waals surface area contributed by atoms with Gasteiger partial charge in [-0.15, -0.1) is 0 Å². The Kier molecular flexibility index (Phi) is 3.93. The number of alkyl carbamates (subject to hydrolysis) is 1. The summed E-state index contributed by atoms with van der Waals surface area (Å²) in [6, 6.07) is 0. The van der Waals surface area contributed by atoms with Crippen molar-refractivity contribution in [3.8, 4) is 0 Å². The fraction of sp³-hybridized carbons (Fsp3) is 0.778. The molecule has 0 aromatic heterocycles. The Labute approximate surface area is 101 Å². The van der Waals surface area contributed by atoms with Gasteiger partial charge in [0.25, 0.3) is 0 Å². The molecule has 0 spiro atoms. The van der Waals surface area contributed by atoms with Gasteiger partial charge in [0.2, 0.25) is 0 Å². The summed E-state index contributed by atoms with van der Waals surface area (Å²) in [5.74, 6) is 0. The van der Waals surface area contributed by atoms with E-state index in [0.29, 0.717) is 11.7 Å². The fourth-order valence-corrected chi connectivity index (χ4v) is 1.34. The van der Waals surface area contributed by atoms with Gasteiger partial charge in [-0.3, -0.25) is 5.43 Å². The van der Waals surface area contributed by atoms with Crippen LogP contribution in [0.2, 0.25) is 0 Å². The van der Waals surface area contributed by atoms with Crippen molar-refractivity contribution in [1.82, 2.24) is 21.1 Å². The van der Waals surface area contributed by atoms with Crippen molar-refractivity contribution < 1.29 is 9.53 Å². The van der Waals surface area contributed by atoms with Gasteiger partial charge in [-0.05, 0) is 33.0 Å². The predicted molar refractivity (Wildman–Crippen MR) is 64.7 cm³/mol. The van der Waals surface area contributed by atoms with E-state index in [-0.39, 0.29) is 6.17 Å². The molecule has 1 fully saturated rings. The number of carbonyl (C=O) groups excluding carboxylic acids is 1. The molecule has 6 nitrogen and oxygen atoms in total. The van der Waals surface area contributed by atoms with Crippen LogP contribution in [-0.2, 0) is 4.74 Å². The third-order valence-corrected chi connectivity index (χ3v) is 2.36. The van der Waals surface area contributed by atoms with Crippen LogP contribution in [0.4, 0.5) is 4.79 Å². The average molecular weight is 246 g/mol. The number of nitrogens with one attached hydrogen (secondary N) is 3. The summed E-state index contributed by atoms with van der Waals surface area (Å²) >= 11 is 4.99. The van der Waals surface area contributed by atoms with Gasteiger partial charge in [-0.2, -0.15) is 0 Å². The maximum atomic E-state index is 11.4. The molecule has 3 N–H and O–H groups in total. The monoisotopic (exact) mass is 246 g/mol. The second-order valence-corrected chi connectivity index (χ2v) is 4.97. The van der Waals surface area contributed by atoms with Crippen LogP contribution < -0.4 is 16.2 Å². The topological polar surface area (TPSA) is 65.6 Å². The maximum absolute atomic E-state index is 11.4. The SMILES string of the molecule is CN1C(=S)NNC1CNC(=O)OC(C)(C)C. The zero-order valence-electron chi connectivity index (χ0n) is 9.96. The molecule has 7 heteroatoms. The summed E-state index contributed by atoms with van der Waals surface area (Å²) in [5, 5.41) is 3.27. The lowest BCUT2D eigenvalue weighted by Gasteiger charge is -2.22. The van der Waals surface area contributed by atoms with E-state index >= 15 is 0 Å². The van der Waals surface area contributed by atoms with Gasteiger partial charge < -0.3 is 15.0 Å². The zero-order chi connectivity index (χ0) is 12.3. The molecule has 0 radical (unpaired) electrons. The van der Waals surface area contributed by atoms with Crippen LogP contribution in [0.15, 0.2) is 0 Å². The highest BCUT2D eigenvalue weighted by Gasteiger charge is 2.25. The summed E-state index contributed by atoms with van der Waals surface area (Å²) in [7, 11) is 1.84. The molecular formula is C9H18N4O2S.